The highest BCUT2D eigenvalue weighted by molar-refractivity contribution is 5.78. The van der Waals surface area contributed by atoms with Crippen LogP contribution in [0.3, 0.4) is 0 Å². The Kier molecular flexibility index (Phi) is 4.44. The van der Waals surface area contributed by atoms with E-state index >= 15 is 0 Å². The molecule has 2 rings (SSSR count). The Morgan fingerprint density at radius 2 is 2.37 bits per heavy atom. The maximum absolute atomic E-state index is 5.80. The lowest BCUT2D eigenvalue weighted by atomic mass is 9.90. The number of hydrogen-bond acceptors (Lipinski definition) is 2. The summed E-state index contributed by atoms with van der Waals surface area (Å²) in [4.78, 5) is 6.73. The highest BCUT2D eigenvalue weighted by Crippen LogP contribution is 2.34. The second-order valence-corrected chi connectivity index (χ2v) is 4.86. The standard InChI is InChI=1S/C15H22N4/c1-3-9-17-15(16)18-11-12-8-10-19(2)14-7-5-4-6-13(12)14/h3-7,12H,1,8-11H2,2H3,(H3,16,17,18)/t12-/m1/s1. The zero-order valence-corrected chi connectivity index (χ0v) is 11.5. The van der Waals surface area contributed by atoms with Crippen molar-refractivity contribution in [2.24, 2.45) is 10.7 Å². The van der Waals surface area contributed by atoms with Gasteiger partial charge >= 0.3 is 0 Å². The van der Waals surface area contributed by atoms with Crippen molar-refractivity contribution in [1.82, 2.24) is 5.32 Å². The molecule has 4 heteroatoms. The molecular weight excluding hydrogens is 236 g/mol. The van der Waals surface area contributed by atoms with E-state index in [0.29, 0.717) is 18.4 Å². The monoisotopic (exact) mass is 258 g/mol. The van der Waals surface area contributed by atoms with Crippen molar-refractivity contribution in [3.63, 3.8) is 0 Å². The fraction of sp³-hybridized carbons (Fsp3) is 0.400. The Balaban J connectivity index is 2.06. The number of fused-ring (bicyclic) bond motifs is 1. The number of para-hydroxylation sites is 1. The number of benzene rings is 1. The molecular formula is C15H22N4. The molecule has 0 radical (unpaired) electrons. The molecule has 0 fully saturated rings. The van der Waals surface area contributed by atoms with Crippen molar-refractivity contribution >= 4 is 11.6 Å². The second-order valence-electron chi connectivity index (χ2n) is 4.86. The predicted molar refractivity (Wildman–Crippen MR) is 81.8 cm³/mol. The van der Waals surface area contributed by atoms with Crippen LogP contribution in [0.4, 0.5) is 5.69 Å². The van der Waals surface area contributed by atoms with Crippen molar-refractivity contribution in [1.29, 1.82) is 0 Å². The van der Waals surface area contributed by atoms with Crippen molar-refractivity contribution in [3.05, 3.63) is 42.5 Å². The van der Waals surface area contributed by atoms with Gasteiger partial charge < -0.3 is 16.0 Å². The van der Waals surface area contributed by atoms with E-state index in [0.717, 1.165) is 19.5 Å². The van der Waals surface area contributed by atoms with Crippen LogP contribution in [0.2, 0.25) is 0 Å². The minimum Gasteiger partial charge on any atom is -0.374 e. The number of rotatable bonds is 4. The van der Waals surface area contributed by atoms with Crippen LogP contribution in [0, 0.1) is 0 Å². The van der Waals surface area contributed by atoms with Gasteiger partial charge in [0.15, 0.2) is 5.96 Å². The number of nitrogens with two attached hydrogens (primary N) is 1. The lowest BCUT2D eigenvalue weighted by Crippen LogP contribution is -2.33. The van der Waals surface area contributed by atoms with Gasteiger partial charge in [-0.15, -0.1) is 6.58 Å². The van der Waals surface area contributed by atoms with Gasteiger partial charge in [0, 0.05) is 38.3 Å². The van der Waals surface area contributed by atoms with Gasteiger partial charge in [-0.05, 0) is 18.1 Å². The molecule has 0 saturated heterocycles. The Hall–Kier alpha value is -1.97. The molecule has 4 nitrogen and oxygen atoms in total. The maximum Gasteiger partial charge on any atom is 0.188 e. The quantitative estimate of drug-likeness (QED) is 0.491. The van der Waals surface area contributed by atoms with Crippen LogP contribution in [0.15, 0.2) is 41.9 Å². The highest BCUT2D eigenvalue weighted by atomic mass is 15.1. The summed E-state index contributed by atoms with van der Waals surface area (Å²) in [5.41, 5.74) is 8.49. The lowest BCUT2D eigenvalue weighted by molar-refractivity contribution is 0.601. The molecule has 1 aliphatic rings. The molecule has 0 amide bonds. The predicted octanol–water partition coefficient (Wildman–Crippen LogP) is 1.70. The largest absolute Gasteiger partial charge is 0.374 e. The third kappa shape index (κ3) is 3.28. The summed E-state index contributed by atoms with van der Waals surface area (Å²) >= 11 is 0. The number of anilines is 1. The summed E-state index contributed by atoms with van der Waals surface area (Å²) in [6.45, 7) is 6.10. The molecule has 0 bridgehead atoms. The molecule has 0 saturated carbocycles. The van der Waals surface area contributed by atoms with E-state index in [1.807, 2.05) is 0 Å². The van der Waals surface area contributed by atoms with E-state index < -0.39 is 0 Å². The highest BCUT2D eigenvalue weighted by Gasteiger charge is 2.22. The molecule has 1 aliphatic heterocycles. The fourth-order valence-electron chi connectivity index (χ4n) is 2.44. The van der Waals surface area contributed by atoms with E-state index in [4.69, 9.17) is 5.73 Å². The molecule has 1 aromatic carbocycles. The van der Waals surface area contributed by atoms with Crippen LogP contribution >= 0.6 is 0 Å². The zero-order valence-electron chi connectivity index (χ0n) is 11.5. The molecule has 0 aliphatic carbocycles. The number of guanidine groups is 1. The first-order valence-electron chi connectivity index (χ1n) is 6.67. The summed E-state index contributed by atoms with van der Waals surface area (Å²) in [7, 11) is 2.14. The average molecular weight is 258 g/mol. The van der Waals surface area contributed by atoms with E-state index in [1.165, 1.54) is 11.3 Å². The first-order valence-corrected chi connectivity index (χ1v) is 6.67. The maximum atomic E-state index is 5.80. The summed E-state index contributed by atoms with van der Waals surface area (Å²) in [6.07, 6.45) is 2.89. The molecule has 19 heavy (non-hydrogen) atoms. The van der Waals surface area contributed by atoms with Crippen molar-refractivity contribution in [2.45, 2.75) is 12.3 Å². The molecule has 1 heterocycles. The molecule has 1 aromatic rings. The van der Waals surface area contributed by atoms with E-state index in [-0.39, 0.29) is 0 Å². The van der Waals surface area contributed by atoms with Gasteiger partial charge in [-0.25, -0.2) is 0 Å². The minimum absolute atomic E-state index is 0.455. The lowest BCUT2D eigenvalue weighted by Gasteiger charge is -2.32. The van der Waals surface area contributed by atoms with Crippen molar-refractivity contribution in [3.8, 4) is 0 Å². The number of aliphatic imine (C=N–C) groups is 1. The van der Waals surface area contributed by atoms with Crippen LogP contribution < -0.4 is 16.0 Å². The van der Waals surface area contributed by atoms with Crippen LogP contribution in [0.1, 0.15) is 17.9 Å². The first-order chi connectivity index (χ1) is 9.22. The van der Waals surface area contributed by atoms with E-state index in [1.54, 1.807) is 6.08 Å². The summed E-state index contributed by atoms with van der Waals surface area (Å²) in [5.74, 6) is 0.952. The fourth-order valence-corrected chi connectivity index (χ4v) is 2.44. The van der Waals surface area contributed by atoms with Crippen LogP contribution in [0.25, 0.3) is 0 Å². The SMILES string of the molecule is C=CCNC(N)=NC[C@H]1CCN(C)c2ccccc21. The van der Waals surface area contributed by atoms with Gasteiger partial charge in [-0.2, -0.15) is 0 Å². The Labute approximate surface area is 115 Å². The second kappa shape index (κ2) is 6.27. The summed E-state index contributed by atoms with van der Waals surface area (Å²) < 4.78 is 0. The Morgan fingerprint density at radius 3 is 3.16 bits per heavy atom. The Morgan fingerprint density at radius 1 is 1.58 bits per heavy atom. The van der Waals surface area contributed by atoms with Crippen molar-refractivity contribution in [2.75, 3.05) is 31.6 Å². The normalized spacial score (nSPS) is 18.9. The van der Waals surface area contributed by atoms with Crippen LogP contribution in [0.5, 0.6) is 0 Å². The third-order valence-electron chi connectivity index (χ3n) is 3.51. The molecule has 0 aromatic heterocycles. The average Bonchev–Trinajstić information content (AvgIpc) is 2.45. The summed E-state index contributed by atoms with van der Waals surface area (Å²) in [6, 6.07) is 8.54. The molecule has 0 unspecified atom stereocenters. The molecule has 102 valence electrons. The number of nitrogens with zero attached hydrogens (tertiary/aromatic N) is 2. The van der Waals surface area contributed by atoms with Crippen molar-refractivity contribution < 1.29 is 0 Å². The zero-order chi connectivity index (χ0) is 13.7. The van der Waals surface area contributed by atoms with Gasteiger partial charge in [0.25, 0.3) is 0 Å². The van der Waals surface area contributed by atoms with Crippen LogP contribution in [-0.2, 0) is 0 Å². The van der Waals surface area contributed by atoms with Gasteiger partial charge in [-0.1, -0.05) is 24.3 Å². The van der Waals surface area contributed by atoms with Gasteiger partial charge in [0.05, 0.1) is 0 Å². The van der Waals surface area contributed by atoms with E-state index in [9.17, 15) is 0 Å². The molecule has 0 spiro atoms. The van der Waals surface area contributed by atoms with Gasteiger partial charge in [0.2, 0.25) is 0 Å². The third-order valence-corrected chi connectivity index (χ3v) is 3.51. The van der Waals surface area contributed by atoms with Crippen LogP contribution in [-0.4, -0.2) is 32.6 Å². The Bertz CT molecular complexity index is 467. The smallest absolute Gasteiger partial charge is 0.188 e. The first kappa shape index (κ1) is 13.5. The molecule has 1 atom stereocenters. The number of nitrogens with one attached hydrogen (secondary N) is 1. The molecule has 3 N–H and O–H groups in total. The van der Waals surface area contributed by atoms with Gasteiger partial charge in [-0.3, -0.25) is 4.99 Å². The topological polar surface area (TPSA) is 53.6 Å². The van der Waals surface area contributed by atoms with E-state index in [2.05, 4.69) is 53.1 Å². The van der Waals surface area contributed by atoms with Gasteiger partial charge in [0.1, 0.15) is 0 Å². The number of hydrogen-bond donors (Lipinski definition) is 2. The minimum atomic E-state index is 0.455. The summed E-state index contributed by atoms with van der Waals surface area (Å²) in [5, 5.41) is 3.00.